The lowest BCUT2D eigenvalue weighted by molar-refractivity contribution is 0.0999. The number of carbonyl (C=O) groups is 1. The fraction of sp³-hybridized carbons (Fsp3) is 0.0769. The molecule has 0 spiro atoms. The number of hydrogen-bond acceptors (Lipinski definition) is 2. The number of benzene rings is 1. The Bertz CT molecular complexity index is 494. The average molecular weight is 212 g/mol. The second kappa shape index (κ2) is 4.57. The standard InChI is InChI=1S/C13H12N2O/c14-13(16)12-6-7-15-9-11(12)8-10-4-2-1-3-5-10/h1-7,9H,8H2,(H2,14,16). The maximum Gasteiger partial charge on any atom is 0.249 e. The summed E-state index contributed by atoms with van der Waals surface area (Å²) >= 11 is 0. The smallest absolute Gasteiger partial charge is 0.249 e. The van der Waals surface area contributed by atoms with Gasteiger partial charge >= 0.3 is 0 Å². The Labute approximate surface area is 93.9 Å². The first-order chi connectivity index (χ1) is 7.77. The van der Waals surface area contributed by atoms with Crippen molar-refractivity contribution >= 4 is 5.91 Å². The Morgan fingerprint density at radius 2 is 1.94 bits per heavy atom. The minimum absolute atomic E-state index is 0.409. The molecule has 0 aliphatic rings. The maximum atomic E-state index is 11.2. The van der Waals surface area contributed by atoms with Crippen molar-refractivity contribution in [2.45, 2.75) is 6.42 Å². The van der Waals surface area contributed by atoms with Crippen LogP contribution in [0.5, 0.6) is 0 Å². The van der Waals surface area contributed by atoms with Gasteiger partial charge in [-0.1, -0.05) is 30.3 Å². The van der Waals surface area contributed by atoms with E-state index in [-0.39, 0.29) is 0 Å². The van der Waals surface area contributed by atoms with Crippen LogP contribution >= 0.6 is 0 Å². The predicted octanol–water partition coefficient (Wildman–Crippen LogP) is 1.77. The van der Waals surface area contributed by atoms with E-state index in [9.17, 15) is 4.79 Å². The second-order valence-electron chi connectivity index (χ2n) is 3.56. The Kier molecular flexibility index (Phi) is 2.96. The van der Waals surface area contributed by atoms with E-state index in [2.05, 4.69) is 4.98 Å². The second-order valence-corrected chi connectivity index (χ2v) is 3.56. The lowest BCUT2D eigenvalue weighted by atomic mass is 10.0. The molecule has 0 fully saturated rings. The number of carbonyl (C=O) groups excluding carboxylic acids is 1. The van der Waals surface area contributed by atoms with Crippen LogP contribution in [0.2, 0.25) is 0 Å². The maximum absolute atomic E-state index is 11.2. The van der Waals surface area contributed by atoms with Gasteiger partial charge in [-0.3, -0.25) is 9.78 Å². The number of aromatic nitrogens is 1. The number of pyridine rings is 1. The Morgan fingerprint density at radius 1 is 1.19 bits per heavy atom. The molecule has 0 bridgehead atoms. The molecule has 2 aromatic rings. The van der Waals surface area contributed by atoms with Gasteiger partial charge < -0.3 is 5.73 Å². The van der Waals surface area contributed by atoms with Crippen LogP contribution in [0, 0.1) is 0 Å². The van der Waals surface area contributed by atoms with Crippen molar-refractivity contribution in [2.75, 3.05) is 0 Å². The van der Waals surface area contributed by atoms with E-state index < -0.39 is 5.91 Å². The minimum Gasteiger partial charge on any atom is -0.366 e. The fourth-order valence-corrected chi connectivity index (χ4v) is 1.62. The van der Waals surface area contributed by atoms with E-state index >= 15 is 0 Å². The van der Waals surface area contributed by atoms with Crippen LogP contribution in [-0.4, -0.2) is 10.9 Å². The zero-order valence-electron chi connectivity index (χ0n) is 8.76. The van der Waals surface area contributed by atoms with Crippen LogP contribution in [0.25, 0.3) is 0 Å². The lowest BCUT2D eigenvalue weighted by Gasteiger charge is -2.05. The summed E-state index contributed by atoms with van der Waals surface area (Å²) in [7, 11) is 0. The van der Waals surface area contributed by atoms with Gasteiger partial charge in [0.25, 0.3) is 0 Å². The molecule has 3 heteroatoms. The molecule has 0 aliphatic heterocycles. The highest BCUT2D eigenvalue weighted by molar-refractivity contribution is 5.94. The van der Waals surface area contributed by atoms with Crippen molar-refractivity contribution in [2.24, 2.45) is 5.73 Å². The lowest BCUT2D eigenvalue weighted by Crippen LogP contribution is -2.14. The van der Waals surface area contributed by atoms with E-state index in [4.69, 9.17) is 5.73 Å². The van der Waals surface area contributed by atoms with Gasteiger partial charge in [0, 0.05) is 18.0 Å². The number of primary amides is 1. The third kappa shape index (κ3) is 2.25. The van der Waals surface area contributed by atoms with Crippen molar-refractivity contribution in [3.05, 3.63) is 65.5 Å². The summed E-state index contributed by atoms with van der Waals surface area (Å²) in [5.41, 5.74) is 7.84. The van der Waals surface area contributed by atoms with Gasteiger partial charge in [-0.15, -0.1) is 0 Å². The van der Waals surface area contributed by atoms with Gasteiger partial charge in [-0.2, -0.15) is 0 Å². The van der Waals surface area contributed by atoms with Gasteiger partial charge in [0.05, 0.1) is 0 Å². The van der Waals surface area contributed by atoms with Crippen LogP contribution in [0.3, 0.4) is 0 Å². The van der Waals surface area contributed by atoms with E-state index in [1.54, 1.807) is 18.5 Å². The Balaban J connectivity index is 2.31. The first kappa shape index (κ1) is 10.4. The topological polar surface area (TPSA) is 56.0 Å². The highest BCUT2D eigenvalue weighted by Gasteiger charge is 2.07. The molecule has 2 rings (SSSR count). The third-order valence-electron chi connectivity index (χ3n) is 2.41. The SMILES string of the molecule is NC(=O)c1ccncc1Cc1ccccc1. The van der Waals surface area contributed by atoms with Gasteiger partial charge in [0.1, 0.15) is 0 Å². The molecule has 1 heterocycles. The molecule has 2 N–H and O–H groups in total. The van der Waals surface area contributed by atoms with Crippen molar-refractivity contribution in [1.29, 1.82) is 0 Å². The summed E-state index contributed by atoms with van der Waals surface area (Å²) in [4.78, 5) is 15.2. The van der Waals surface area contributed by atoms with Gasteiger partial charge in [-0.25, -0.2) is 0 Å². The van der Waals surface area contributed by atoms with Crippen molar-refractivity contribution in [1.82, 2.24) is 4.98 Å². The van der Waals surface area contributed by atoms with Crippen molar-refractivity contribution in [3.8, 4) is 0 Å². The average Bonchev–Trinajstić information content (AvgIpc) is 2.31. The summed E-state index contributed by atoms with van der Waals surface area (Å²) in [6.45, 7) is 0. The molecule has 80 valence electrons. The first-order valence-electron chi connectivity index (χ1n) is 5.04. The Hall–Kier alpha value is -2.16. The molecule has 0 atom stereocenters. The highest BCUT2D eigenvalue weighted by atomic mass is 16.1. The predicted molar refractivity (Wildman–Crippen MR) is 62.0 cm³/mol. The van der Waals surface area contributed by atoms with Crippen molar-refractivity contribution in [3.63, 3.8) is 0 Å². The fourth-order valence-electron chi connectivity index (χ4n) is 1.62. The molecule has 0 saturated heterocycles. The molecule has 3 nitrogen and oxygen atoms in total. The van der Waals surface area contributed by atoms with Crippen LogP contribution in [0.1, 0.15) is 21.5 Å². The third-order valence-corrected chi connectivity index (χ3v) is 2.41. The van der Waals surface area contributed by atoms with Gasteiger partial charge in [-0.05, 0) is 23.6 Å². The highest BCUT2D eigenvalue weighted by Crippen LogP contribution is 2.12. The number of amides is 1. The summed E-state index contributed by atoms with van der Waals surface area (Å²) in [6, 6.07) is 11.6. The number of hydrogen-bond donors (Lipinski definition) is 1. The molecule has 1 amide bonds. The van der Waals surface area contributed by atoms with E-state index in [1.807, 2.05) is 30.3 Å². The van der Waals surface area contributed by atoms with E-state index in [0.29, 0.717) is 12.0 Å². The van der Waals surface area contributed by atoms with E-state index in [0.717, 1.165) is 11.1 Å². The molecule has 0 radical (unpaired) electrons. The molecule has 0 unspecified atom stereocenters. The van der Waals surface area contributed by atoms with Gasteiger partial charge in [0.15, 0.2) is 0 Å². The van der Waals surface area contributed by atoms with Crippen LogP contribution in [0.15, 0.2) is 48.8 Å². The summed E-state index contributed by atoms with van der Waals surface area (Å²) in [5, 5.41) is 0. The summed E-state index contributed by atoms with van der Waals surface area (Å²) < 4.78 is 0. The largest absolute Gasteiger partial charge is 0.366 e. The zero-order chi connectivity index (χ0) is 11.4. The molecule has 0 saturated carbocycles. The normalized spacial score (nSPS) is 10.0. The molecule has 1 aromatic heterocycles. The number of rotatable bonds is 3. The van der Waals surface area contributed by atoms with Gasteiger partial charge in [0.2, 0.25) is 5.91 Å². The number of nitrogens with zero attached hydrogens (tertiary/aromatic N) is 1. The Morgan fingerprint density at radius 3 is 2.62 bits per heavy atom. The molecular formula is C13H12N2O. The summed E-state index contributed by atoms with van der Waals surface area (Å²) in [5.74, 6) is -0.409. The molecule has 1 aromatic carbocycles. The van der Waals surface area contributed by atoms with Crippen molar-refractivity contribution < 1.29 is 4.79 Å². The molecular weight excluding hydrogens is 200 g/mol. The monoisotopic (exact) mass is 212 g/mol. The summed E-state index contributed by atoms with van der Waals surface area (Å²) in [6.07, 6.45) is 3.94. The first-order valence-corrected chi connectivity index (χ1v) is 5.04. The molecule has 16 heavy (non-hydrogen) atoms. The quantitative estimate of drug-likeness (QED) is 0.843. The van der Waals surface area contributed by atoms with E-state index in [1.165, 1.54) is 0 Å². The zero-order valence-corrected chi connectivity index (χ0v) is 8.76. The van der Waals surface area contributed by atoms with Crippen LogP contribution < -0.4 is 5.73 Å². The van der Waals surface area contributed by atoms with Crippen LogP contribution in [0.4, 0.5) is 0 Å². The minimum atomic E-state index is -0.409. The molecule has 0 aliphatic carbocycles. The number of nitrogens with two attached hydrogens (primary N) is 1. The van der Waals surface area contributed by atoms with Crippen LogP contribution in [-0.2, 0) is 6.42 Å².